The van der Waals surface area contributed by atoms with Crippen LogP contribution in [-0.4, -0.2) is 8.42 Å². The third-order valence-electron chi connectivity index (χ3n) is 2.58. The number of benzene rings is 1. The number of sulfonamides is 1. The maximum Gasteiger partial charge on any atom is 0.244 e. The van der Waals surface area contributed by atoms with Gasteiger partial charge < -0.3 is 0 Å². The highest BCUT2D eigenvalue weighted by Crippen LogP contribution is 2.34. The zero-order valence-electron chi connectivity index (χ0n) is 10.5. The van der Waals surface area contributed by atoms with E-state index in [1.165, 1.54) is 23.5 Å². The predicted octanol–water partition coefficient (Wildman–Crippen LogP) is 5.51. The average molecular weight is 450 g/mol. The van der Waals surface area contributed by atoms with Gasteiger partial charge in [-0.3, -0.25) is 0 Å². The minimum absolute atomic E-state index is 0.0540. The van der Waals surface area contributed by atoms with E-state index in [4.69, 9.17) is 34.8 Å². The van der Waals surface area contributed by atoms with E-state index in [1.54, 1.807) is 19.1 Å². The Hall–Kier alpha value is 0.180. The Labute approximate surface area is 150 Å². The smallest absolute Gasteiger partial charge is 0.207 e. The summed E-state index contributed by atoms with van der Waals surface area (Å²) in [5, 5.41) is 0.108. The minimum Gasteiger partial charge on any atom is -0.207 e. The van der Waals surface area contributed by atoms with Crippen LogP contribution >= 0.6 is 62.1 Å². The molecule has 1 N–H and O–H groups in total. The van der Waals surface area contributed by atoms with E-state index in [2.05, 4.69) is 20.7 Å². The van der Waals surface area contributed by atoms with Crippen molar-refractivity contribution in [2.24, 2.45) is 0 Å². The van der Waals surface area contributed by atoms with Gasteiger partial charge >= 0.3 is 0 Å². The van der Waals surface area contributed by atoms with Crippen molar-refractivity contribution < 1.29 is 8.42 Å². The van der Waals surface area contributed by atoms with Crippen molar-refractivity contribution >= 4 is 72.1 Å². The molecule has 1 heterocycles. The molecule has 0 aliphatic rings. The zero-order valence-corrected chi connectivity index (χ0v) is 16.0. The van der Waals surface area contributed by atoms with Gasteiger partial charge in [0.2, 0.25) is 10.0 Å². The predicted molar refractivity (Wildman–Crippen MR) is 92.2 cm³/mol. The lowest BCUT2D eigenvalue weighted by Gasteiger charge is -2.15. The molecule has 0 spiro atoms. The molecule has 0 radical (unpaired) electrons. The fraction of sp³-hybridized carbons (Fsp3) is 0.167. The van der Waals surface area contributed by atoms with Crippen molar-refractivity contribution in [3.05, 3.63) is 48.0 Å². The zero-order chi connectivity index (χ0) is 15.8. The lowest BCUT2D eigenvalue weighted by Crippen LogP contribution is -2.27. The number of hydrogen-bond donors (Lipinski definition) is 1. The van der Waals surface area contributed by atoms with Gasteiger partial charge in [-0.1, -0.05) is 50.7 Å². The number of halogens is 4. The molecule has 0 fully saturated rings. The Morgan fingerprint density at radius 3 is 2.24 bits per heavy atom. The molecule has 1 unspecified atom stereocenters. The first-order valence-corrected chi connectivity index (χ1v) is 9.85. The molecular formula is C12H9BrCl3NO2S2. The van der Waals surface area contributed by atoms with Gasteiger partial charge in [0.05, 0.1) is 20.4 Å². The first-order valence-electron chi connectivity index (χ1n) is 5.63. The molecule has 1 atom stereocenters. The van der Waals surface area contributed by atoms with Crippen LogP contribution in [0.3, 0.4) is 0 Å². The third-order valence-corrected chi connectivity index (χ3v) is 6.92. The second-order valence-electron chi connectivity index (χ2n) is 4.18. The molecule has 1 aromatic heterocycles. The first-order chi connectivity index (χ1) is 9.70. The summed E-state index contributed by atoms with van der Waals surface area (Å²) in [5.74, 6) is 0. The van der Waals surface area contributed by atoms with E-state index in [-0.39, 0.29) is 14.9 Å². The molecule has 0 saturated carbocycles. The van der Waals surface area contributed by atoms with Crippen LogP contribution in [0.15, 0.2) is 33.6 Å². The van der Waals surface area contributed by atoms with Gasteiger partial charge in [0.1, 0.15) is 4.90 Å². The van der Waals surface area contributed by atoms with Crippen molar-refractivity contribution in [3.8, 4) is 0 Å². The van der Waals surface area contributed by atoms with E-state index < -0.39 is 16.1 Å². The summed E-state index contributed by atoms with van der Waals surface area (Å²) < 4.78 is 28.6. The summed E-state index contributed by atoms with van der Waals surface area (Å²) >= 11 is 22.4. The SMILES string of the molecule is CC(NS(=O)(=O)c1c(Cl)cc(Br)cc1Cl)c1ccc(Cl)s1. The van der Waals surface area contributed by atoms with Crippen molar-refractivity contribution in [2.75, 3.05) is 0 Å². The standard InChI is InChI=1S/C12H9BrCl3NO2S2/c1-6(10-2-3-11(16)20-10)17-21(18,19)12-8(14)4-7(13)5-9(12)15/h2-6,17H,1H3. The Kier molecular flexibility index (Phi) is 5.63. The number of rotatable bonds is 4. The van der Waals surface area contributed by atoms with Crippen LogP contribution in [0.5, 0.6) is 0 Å². The normalized spacial score (nSPS) is 13.4. The molecule has 114 valence electrons. The van der Waals surface area contributed by atoms with Crippen molar-refractivity contribution in [1.29, 1.82) is 0 Å². The first kappa shape index (κ1) is 17.5. The third kappa shape index (κ3) is 4.13. The Morgan fingerprint density at radius 1 is 1.19 bits per heavy atom. The lowest BCUT2D eigenvalue weighted by molar-refractivity contribution is 0.568. The molecule has 0 bridgehead atoms. The van der Waals surface area contributed by atoms with Crippen molar-refractivity contribution in [2.45, 2.75) is 17.9 Å². The van der Waals surface area contributed by atoms with Gasteiger partial charge in [-0.25, -0.2) is 13.1 Å². The van der Waals surface area contributed by atoms with Crippen LogP contribution in [0.1, 0.15) is 17.8 Å². The van der Waals surface area contributed by atoms with Gasteiger partial charge in [-0.15, -0.1) is 11.3 Å². The van der Waals surface area contributed by atoms with Gasteiger partial charge in [0.15, 0.2) is 0 Å². The highest BCUT2D eigenvalue weighted by molar-refractivity contribution is 9.10. The Bertz CT molecular complexity index is 754. The molecule has 3 nitrogen and oxygen atoms in total. The van der Waals surface area contributed by atoms with E-state index in [9.17, 15) is 8.42 Å². The average Bonchev–Trinajstić information content (AvgIpc) is 2.73. The number of thiophene rings is 1. The molecule has 0 amide bonds. The fourth-order valence-corrected chi connectivity index (χ4v) is 5.99. The van der Waals surface area contributed by atoms with Crippen LogP contribution in [-0.2, 0) is 10.0 Å². The molecule has 0 saturated heterocycles. The van der Waals surface area contributed by atoms with Crippen LogP contribution in [0.25, 0.3) is 0 Å². The van der Waals surface area contributed by atoms with Gasteiger partial charge in [0, 0.05) is 9.35 Å². The highest BCUT2D eigenvalue weighted by Gasteiger charge is 2.25. The Morgan fingerprint density at radius 2 is 1.76 bits per heavy atom. The molecule has 1 aromatic carbocycles. The summed E-state index contributed by atoms with van der Waals surface area (Å²) in [6, 6.07) is 6.00. The van der Waals surface area contributed by atoms with Crippen LogP contribution < -0.4 is 4.72 Å². The maximum atomic E-state index is 12.5. The summed E-state index contributed by atoms with van der Waals surface area (Å²) in [4.78, 5) is 0.663. The minimum atomic E-state index is -3.85. The van der Waals surface area contributed by atoms with Gasteiger partial charge in [0.25, 0.3) is 0 Å². The van der Waals surface area contributed by atoms with Crippen molar-refractivity contribution in [1.82, 2.24) is 4.72 Å². The Balaban J connectivity index is 2.35. The van der Waals surface area contributed by atoms with Crippen LogP contribution in [0.4, 0.5) is 0 Å². The highest BCUT2D eigenvalue weighted by atomic mass is 79.9. The summed E-state index contributed by atoms with van der Waals surface area (Å²) in [6.45, 7) is 1.72. The van der Waals surface area contributed by atoms with Crippen LogP contribution in [0, 0.1) is 0 Å². The summed E-state index contributed by atoms with van der Waals surface area (Å²) in [6.07, 6.45) is 0. The number of nitrogens with one attached hydrogen (secondary N) is 1. The molecule has 0 aliphatic heterocycles. The lowest BCUT2D eigenvalue weighted by atomic mass is 10.3. The number of hydrogen-bond acceptors (Lipinski definition) is 3. The van der Waals surface area contributed by atoms with Crippen LogP contribution in [0.2, 0.25) is 14.4 Å². The maximum absolute atomic E-state index is 12.5. The monoisotopic (exact) mass is 447 g/mol. The quantitative estimate of drug-likeness (QED) is 0.669. The summed E-state index contributed by atoms with van der Waals surface area (Å²) in [5.41, 5.74) is 0. The molecule has 9 heteroatoms. The van der Waals surface area contributed by atoms with Gasteiger partial charge in [-0.2, -0.15) is 0 Å². The fourth-order valence-electron chi connectivity index (χ4n) is 1.70. The van der Waals surface area contributed by atoms with E-state index in [0.717, 1.165) is 4.88 Å². The largest absolute Gasteiger partial charge is 0.244 e. The molecule has 21 heavy (non-hydrogen) atoms. The molecular weight excluding hydrogens is 441 g/mol. The summed E-state index contributed by atoms with van der Waals surface area (Å²) in [7, 11) is -3.85. The molecule has 2 aromatic rings. The molecule has 2 rings (SSSR count). The molecule has 0 aliphatic carbocycles. The van der Waals surface area contributed by atoms with E-state index in [1.807, 2.05) is 0 Å². The van der Waals surface area contributed by atoms with Crippen molar-refractivity contribution in [3.63, 3.8) is 0 Å². The van der Waals surface area contributed by atoms with Gasteiger partial charge in [-0.05, 0) is 31.2 Å². The van der Waals surface area contributed by atoms with E-state index >= 15 is 0 Å². The second kappa shape index (κ2) is 6.74. The van der Waals surface area contributed by atoms with E-state index in [0.29, 0.717) is 8.81 Å². The topological polar surface area (TPSA) is 46.2 Å². The second-order valence-corrected chi connectivity index (χ2v) is 9.31.